The van der Waals surface area contributed by atoms with E-state index in [1.807, 2.05) is 30.3 Å². The van der Waals surface area contributed by atoms with Crippen LogP contribution in [0.4, 0.5) is 5.69 Å². The van der Waals surface area contributed by atoms with Crippen LogP contribution in [0.5, 0.6) is 5.75 Å². The summed E-state index contributed by atoms with van der Waals surface area (Å²) in [7, 11) is 0. The Morgan fingerprint density at radius 3 is 2.30 bits per heavy atom. The van der Waals surface area contributed by atoms with Crippen LogP contribution in [0.15, 0.2) is 60.7 Å². The van der Waals surface area contributed by atoms with Gasteiger partial charge in [-0.15, -0.1) is 0 Å². The summed E-state index contributed by atoms with van der Waals surface area (Å²) in [6.07, 6.45) is 5.51. The summed E-state index contributed by atoms with van der Waals surface area (Å²) < 4.78 is 0. The van der Waals surface area contributed by atoms with Gasteiger partial charge in [-0.05, 0) is 53.9 Å². The molecule has 0 aromatic heterocycles. The quantitative estimate of drug-likeness (QED) is 0.403. The highest BCUT2D eigenvalue weighted by molar-refractivity contribution is 6.31. The maximum absolute atomic E-state index is 13.6. The number of nitrogens with one attached hydrogen (secondary N) is 1. The monoisotopic (exact) mass is 462 g/mol. The summed E-state index contributed by atoms with van der Waals surface area (Å²) in [5, 5.41) is 13.2. The Morgan fingerprint density at radius 2 is 1.67 bits per heavy atom. The molecule has 4 aliphatic carbocycles. The van der Waals surface area contributed by atoms with Crippen molar-refractivity contribution in [3.05, 3.63) is 71.3 Å². The molecular weight excluding hydrogens is 440 g/mol. The molecule has 33 heavy (non-hydrogen) atoms. The van der Waals surface area contributed by atoms with Crippen LogP contribution in [0.3, 0.4) is 0 Å². The highest BCUT2D eigenvalue weighted by Gasteiger charge is 2.67. The Kier molecular flexibility index (Phi) is 4.63. The zero-order valence-electron chi connectivity index (χ0n) is 17.7. The molecule has 6 nitrogen and oxygen atoms in total. The van der Waals surface area contributed by atoms with Gasteiger partial charge in [-0.1, -0.05) is 54.1 Å². The number of likely N-dealkylation sites (tertiary alicyclic amines) is 1. The van der Waals surface area contributed by atoms with E-state index in [-0.39, 0.29) is 53.3 Å². The maximum atomic E-state index is 13.6. The predicted octanol–water partition coefficient (Wildman–Crippen LogP) is 3.65. The number of rotatable bonds is 5. The van der Waals surface area contributed by atoms with Crippen LogP contribution in [0, 0.1) is 35.5 Å². The summed E-state index contributed by atoms with van der Waals surface area (Å²) in [6, 6.07) is 12.7. The third-order valence-electron chi connectivity index (χ3n) is 7.80. The van der Waals surface area contributed by atoms with Gasteiger partial charge in [0.2, 0.25) is 17.7 Å². The van der Waals surface area contributed by atoms with E-state index >= 15 is 0 Å². The molecule has 0 spiro atoms. The van der Waals surface area contributed by atoms with Crippen LogP contribution >= 0.6 is 11.6 Å². The van der Waals surface area contributed by atoms with Gasteiger partial charge >= 0.3 is 0 Å². The fourth-order valence-corrected chi connectivity index (χ4v) is 6.42. The molecule has 1 aliphatic heterocycles. The molecule has 3 fully saturated rings. The number of phenols is 1. The largest absolute Gasteiger partial charge is 0.506 e. The molecule has 1 heterocycles. The molecule has 2 bridgehead atoms. The lowest BCUT2D eigenvalue weighted by molar-refractivity contribution is -0.146. The van der Waals surface area contributed by atoms with E-state index in [4.69, 9.17) is 11.6 Å². The van der Waals surface area contributed by atoms with Crippen molar-refractivity contribution in [1.82, 2.24) is 4.90 Å². The number of benzene rings is 2. The smallest absolute Gasteiger partial charge is 0.248 e. The summed E-state index contributed by atoms with van der Waals surface area (Å²) >= 11 is 6.03. The number of nitrogens with zero attached hydrogens (tertiary/aromatic N) is 1. The highest BCUT2D eigenvalue weighted by atomic mass is 35.5. The number of carbonyl (C=O) groups excluding carboxylic acids is 3. The Balaban J connectivity index is 1.34. The summed E-state index contributed by atoms with van der Waals surface area (Å²) in [5.74, 6) is -0.757. The Bertz CT molecular complexity index is 1160. The van der Waals surface area contributed by atoms with Crippen LogP contribution < -0.4 is 5.32 Å². The molecule has 3 amide bonds. The predicted molar refractivity (Wildman–Crippen MR) is 122 cm³/mol. The molecule has 5 aliphatic rings. The number of imide groups is 1. The van der Waals surface area contributed by atoms with Crippen LogP contribution in [-0.2, 0) is 20.8 Å². The first-order chi connectivity index (χ1) is 15.9. The normalized spacial score (nSPS) is 31.8. The zero-order chi connectivity index (χ0) is 22.9. The average Bonchev–Trinajstić information content (AvgIpc) is 3.59. The van der Waals surface area contributed by atoms with Crippen molar-refractivity contribution in [2.75, 3.05) is 5.32 Å². The number of halogens is 1. The standard InChI is InChI=1S/C26H23ClN2O4/c27-14-6-9-21(30)19(11-14)28-24(31)20(10-13-4-2-1-3-5-13)29-25(32)22-15-7-8-16(18-12-17(15)18)23(22)26(29)33/h1-9,11,15-18,20,22-23,30H,10,12H2,(H,28,31). The van der Waals surface area contributed by atoms with E-state index in [0.29, 0.717) is 16.9 Å². The average molecular weight is 463 g/mol. The number of carbonyl (C=O) groups is 3. The molecule has 7 heteroatoms. The first kappa shape index (κ1) is 20.5. The van der Waals surface area contributed by atoms with E-state index in [1.54, 1.807) is 0 Å². The maximum Gasteiger partial charge on any atom is 0.248 e. The van der Waals surface area contributed by atoms with Crippen molar-refractivity contribution in [3.8, 4) is 5.75 Å². The van der Waals surface area contributed by atoms with Crippen molar-refractivity contribution >= 4 is 35.0 Å². The molecule has 2 aromatic carbocycles. The van der Waals surface area contributed by atoms with Crippen molar-refractivity contribution in [3.63, 3.8) is 0 Å². The number of anilines is 1. The molecule has 2 N–H and O–H groups in total. The minimum absolute atomic E-state index is 0.0869. The topological polar surface area (TPSA) is 86.7 Å². The SMILES string of the molecule is O=C(Nc1cc(Cl)ccc1O)C(Cc1ccccc1)N1C(=O)C2C3C=CC(C4CC34)C2C1=O. The van der Waals surface area contributed by atoms with Crippen LogP contribution in [0.2, 0.25) is 5.02 Å². The van der Waals surface area contributed by atoms with Crippen molar-refractivity contribution in [1.29, 1.82) is 0 Å². The van der Waals surface area contributed by atoms with Gasteiger partial charge in [-0.3, -0.25) is 19.3 Å². The van der Waals surface area contributed by atoms with Crippen molar-refractivity contribution < 1.29 is 19.5 Å². The Labute approximate surface area is 196 Å². The molecule has 7 atom stereocenters. The lowest BCUT2D eigenvalue weighted by Gasteiger charge is -2.37. The highest BCUT2D eigenvalue weighted by Crippen LogP contribution is 2.65. The molecule has 2 aromatic rings. The van der Waals surface area contributed by atoms with E-state index in [1.165, 1.54) is 23.1 Å². The third kappa shape index (κ3) is 3.19. The van der Waals surface area contributed by atoms with E-state index in [0.717, 1.165) is 12.0 Å². The van der Waals surface area contributed by atoms with E-state index in [2.05, 4.69) is 17.5 Å². The zero-order valence-corrected chi connectivity index (χ0v) is 18.5. The van der Waals surface area contributed by atoms with Crippen LogP contribution in [0.1, 0.15) is 12.0 Å². The van der Waals surface area contributed by atoms with Gasteiger partial charge < -0.3 is 10.4 Å². The summed E-state index contributed by atoms with van der Waals surface area (Å²) in [5.41, 5.74) is 0.984. The Hall–Kier alpha value is -3.12. The number of hydrogen-bond donors (Lipinski definition) is 2. The first-order valence-electron chi connectivity index (χ1n) is 11.3. The van der Waals surface area contributed by atoms with Gasteiger partial charge in [0, 0.05) is 11.4 Å². The Morgan fingerprint density at radius 1 is 1.03 bits per heavy atom. The minimum Gasteiger partial charge on any atom is -0.506 e. The summed E-state index contributed by atoms with van der Waals surface area (Å²) in [6.45, 7) is 0. The second-order valence-corrected chi connectivity index (χ2v) is 9.99. The first-order valence-corrected chi connectivity index (χ1v) is 11.7. The minimum atomic E-state index is -1.02. The molecule has 1 saturated heterocycles. The number of hydrogen-bond acceptors (Lipinski definition) is 4. The lowest BCUT2D eigenvalue weighted by Crippen LogP contribution is -2.49. The van der Waals surface area contributed by atoms with Gasteiger partial charge in [0.15, 0.2) is 0 Å². The number of allylic oxidation sites excluding steroid dienone is 2. The fraction of sp³-hybridized carbons (Fsp3) is 0.346. The second kappa shape index (κ2) is 7.45. The van der Waals surface area contributed by atoms with Gasteiger partial charge in [0.05, 0.1) is 17.5 Å². The van der Waals surface area contributed by atoms with Crippen LogP contribution in [0.25, 0.3) is 0 Å². The molecule has 7 unspecified atom stereocenters. The number of aromatic hydroxyl groups is 1. The number of amides is 3. The van der Waals surface area contributed by atoms with E-state index in [9.17, 15) is 19.5 Å². The molecule has 7 rings (SSSR count). The lowest BCUT2D eigenvalue weighted by atomic mass is 9.63. The third-order valence-corrected chi connectivity index (χ3v) is 8.03. The molecular formula is C26H23ClN2O4. The number of phenolic OH excluding ortho intramolecular Hbond substituents is 1. The van der Waals surface area contributed by atoms with Crippen LogP contribution in [-0.4, -0.2) is 33.8 Å². The fourth-order valence-electron chi connectivity index (χ4n) is 6.25. The van der Waals surface area contributed by atoms with Crippen molar-refractivity contribution in [2.24, 2.45) is 35.5 Å². The van der Waals surface area contributed by atoms with Crippen molar-refractivity contribution in [2.45, 2.75) is 18.9 Å². The van der Waals surface area contributed by atoms with Gasteiger partial charge in [0.1, 0.15) is 11.8 Å². The summed E-state index contributed by atoms with van der Waals surface area (Å²) in [4.78, 5) is 42.0. The van der Waals surface area contributed by atoms with Gasteiger partial charge in [-0.2, -0.15) is 0 Å². The molecule has 0 radical (unpaired) electrons. The van der Waals surface area contributed by atoms with E-state index < -0.39 is 11.9 Å². The van der Waals surface area contributed by atoms with Gasteiger partial charge in [0.25, 0.3) is 0 Å². The second-order valence-electron chi connectivity index (χ2n) is 9.56. The van der Waals surface area contributed by atoms with Gasteiger partial charge in [-0.25, -0.2) is 0 Å². The molecule has 168 valence electrons. The molecule has 2 saturated carbocycles.